The molecule has 0 unspecified atom stereocenters. The minimum absolute atomic E-state index is 0.0102. The van der Waals surface area contributed by atoms with Crippen LogP contribution in [0.15, 0.2) is 30.0 Å². The third kappa shape index (κ3) is 3.63. The van der Waals surface area contributed by atoms with Gasteiger partial charge in [-0.05, 0) is 30.9 Å². The van der Waals surface area contributed by atoms with Gasteiger partial charge in [-0.1, -0.05) is 38.0 Å². The fourth-order valence-corrected chi connectivity index (χ4v) is 3.73. The highest BCUT2D eigenvalue weighted by Crippen LogP contribution is 2.27. The molecule has 0 aliphatic heterocycles. The second-order valence-corrected chi connectivity index (χ2v) is 6.71. The molecule has 1 aromatic carbocycles. The van der Waals surface area contributed by atoms with Crippen molar-refractivity contribution in [2.75, 3.05) is 0 Å². The molecule has 2 aromatic rings. The predicted molar refractivity (Wildman–Crippen MR) is 101 cm³/mol. The van der Waals surface area contributed by atoms with Crippen molar-refractivity contribution in [3.63, 3.8) is 0 Å². The quantitative estimate of drug-likeness (QED) is 0.838. The number of fused-ring (bicyclic) bond motifs is 1. The summed E-state index contributed by atoms with van der Waals surface area (Å²) in [5.74, 6) is 0.0102. The first-order valence-electron chi connectivity index (χ1n) is 9.08. The molecule has 1 aliphatic carbocycles. The van der Waals surface area contributed by atoms with Crippen LogP contribution in [0.3, 0.4) is 0 Å². The number of nitrogens with zero attached hydrogens (tertiary/aromatic N) is 3. The van der Waals surface area contributed by atoms with Crippen LogP contribution < -0.4 is 5.32 Å². The summed E-state index contributed by atoms with van der Waals surface area (Å²) in [6, 6.07) is 10.1. The number of para-hydroxylation sites is 1. The molecule has 1 fully saturated rings. The summed E-state index contributed by atoms with van der Waals surface area (Å²) in [6.45, 7) is 2.32. The van der Waals surface area contributed by atoms with E-state index in [1.165, 1.54) is 12.8 Å². The second-order valence-electron chi connectivity index (χ2n) is 6.71. The second kappa shape index (κ2) is 7.89. The van der Waals surface area contributed by atoms with E-state index in [9.17, 15) is 4.79 Å². The van der Waals surface area contributed by atoms with E-state index in [2.05, 4.69) is 18.3 Å². The molecule has 3 rings (SSSR count). The number of hydrogen-bond donors (Lipinski definition) is 1. The minimum Gasteiger partial charge on any atom is -0.352 e. The molecule has 26 heavy (non-hydrogen) atoms. The maximum atomic E-state index is 12.5. The van der Waals surface area contributed by atoms with Crippen molar-refractivity contribution in [3.05, 3.63) is 41.1 Å². The molecule has 1 N–H and O–H groups in total. The summed E-state index contributed by atoms with van der Waals surface area (Å²) >= 11 is 0. The van der Waals surface area contributed by atoms with E-state index >= 15 is 0 Å². The molecule has 5 nitrogen and oxygen atoms in total. The maximum absolute atomic E-state index is 12.5. The smallest absolute Gasteiger partial charge is 0.240 e. The lowest BCUT2D eigenvalue weighted by molar-refractivity contribution is -0.122. The van der Waals surface area contributed by atoms with Gasteiger partial charge in [0.25, 0.3) is 0 Å². The minimum atomic E-state index is 0.0102. The fraction of sp³-hybridized carbons (Fsp3) is 0.381. The number of rotatable bonds is 5. The van der Waals surface area contributed by atoms with Gasteiger partial charge in [-0.25, -0.2) is 0 Å². The molecule has 0 spiro atoms. The lowest BCUT2D eigenvalue weighted by atomic mass is 10.1. The molecule has 132 valence electrons. The number of amides is 1. The first kappa shape index (κ1) is 17.8. The zero-order valence-corrected chi connectivity index (χ0v) is 15.0. The molecule has 1 saturated carbocycles. The number of nitriles is 2. The van der Waals surface area contributed by atoms with Crippen LogP contribution in [0.5, 0.6) is 0 Å². The normalized spacial score (nSPS) is 14.0. The third-order valence-electron chi connectivity index (χ3n) is 4.97. The Morgan fingerprint density at radius 3 is 2.69 bits per heavy atom. The Kier molecular flexibility index (Phi) is 5.39. The number of nitrogens with one attached hydrogen (secondary N) is 1. The number of allylic oxidation sites excluding steroid dienone is 1. The number of benzene rings is 1. The van der Waals surface area contributed by atoms with E-state index in [1.54, 1.807) is 6.08 Å². The zero-order valence-electron chi connectivity index (χ0n) is 15.0. The summed E-state index contributed by atoms with van der Waals surface area (Å²) in [4.78, 5) is 12.5. The Morgan fingerprint density at radius 1 is 1.31 bits per heavy atom. The van der Waals surface area contributed by atoms with Crippen molar-refractivity contribution in [2.45, 2.75) is 51.6 Å². The van der Waals surface area contributed by atoms with Gasteiger partial charge in [0.1, 0.15) is 24.3 Å². The van der Waals surface area contributed by atoms with Crippen LogP contribution in [-0.2, 0) is 17.8 Å². The standard InChI is InChI=1S/C21H22N4O/c1-2-16-6-5-9-19-17(10-15(11-22)12-23)13-25(21(16)19)14-20(26)24-18-7-3-4-8-18/h5-6,9-10,13,18H,2-4,7-8,14H2,1H3,(H,24,26). The van der Waals surface area contributed by atoms with E-state index < -0.39 is 0 Å². The first-order chi connectivity index (χ1) is 12.7. The summed E-state index contributed by atoms with van der Waals surface area (Å²) in [6.07, 6.45) is 8.77. The van der Waals surface area contributed by atoms with Gasteiger partial charge in [-0.15, -0.1) is 0 Å². The van der Waals surface area contributed by atoms with Gasteiger partial charge in [0, 0.05) is 23.2 Å². The lowest BCUT2D eigenvalue weighted by Crippen LogP contribution is -2.35. The molecular formula is C21H22N4O. The highest BCUT2D eigenvalue weighted by molar-refractivity contribution is 5.93. The van der Waals surface area contributed by atoms with E-state index in [0.717, 1.165) is 41.3 Å². The summed E-state index contributed by atoms with van der Waals surface area (Å²) < 4.78 is 1.94. The van der Waals surface area contributed by atoms with Crippen molar-refractivity contribution in [1.29, 1.82) is 10.5 Å². The number of aryl methyl sites for hydroxylation is 1. The Bertz CT molecular complexity index is 917. The molecule has 5 heteroatoms. The predicted octanol–water partition coefficient (Wildman–Crippen LogP) is 3.69. The molecule has 1 aliphatic rings. The molecule has 1 amide bonds. The molecule has 0 bridgehead atoms. The molecular weight excluding hydrogens is 324 g/mol. The zero-order chi connectivity index (χ0) is 18.5. The maximum Gasteiger partial charge on any atom is 0.240 e. The monoisotopic (exact) mass is 346 g/mol. The van der Waals surface area contributed by atoms with Crippen LogP contribution in [-0.4, -0.2) is 16.5 Å². The summed E-state index contributed by atoms with van der Waals surface area (Å²) in [5, 5.41) is 22.2. The average molecular weight is 346 g/mol. The van der Waals surface area contributed by atoms with Crippen LogP contribution in [0.25, 0.3) is 17.0 Å². The largest absolute Gasteiger partial charge is 0.352 e. The van der Waals surface area contributed by atoms with Crippen LogP contribution in [0, 0.1) is 22.7 Å². The number of carbonyl (C=O) groups excluding carboxylic acids is 1. The van der Waals surface area contributed by atoms with Crippen LogP contribution in [0.4, 0.5) is 0 Å². The van der Waals surface area contributed by atoms with Crippen molar-refractivity contribution in [1.82, 2.24) is 9.88 Å². The van der Waals surface area contributed by atoms with E-state index in [1.807, 2.05) is 35.0 Å². The van der Waals surface area contributed by atoms with E-state index in [4.69, 9.17) is 10.5 Å². The van der Waals surface area contributed by atoms with Gasteiger partial charge in [-0.3, -0.25) is 4.79 Å². The Hall–Kier alpha value is -3.05. The molecule has 0 radical (unpaired) electrons. The lowest BCUT2D eigenvalue weighted by Gasteiger charge is -2.13. The third-order valence-corrected chi connectivity index (χ3v) is 4.97. The molecule has 0 saturated heterocycles. The highest BCUT2D eigenvalue weighted by atomic mass is 16.2. The first-order valence-corrected chi connectivity index (χ1v) is 9.08. The Morgan fingerprint density at radius 2 is 2.04 bits per heavy atom. The fourth-order valence-electron chi connectivity index (χ4n) is 3.73. The van der Waals surface area contributed by atoms with Gasteiger partial charge >= 0.3 is 0 Å². The number of carbonyl (C=O) groups is 1. The van der Waals surface area contributed by atoms with Crippen LogP contribution in [0.1, 0.15) is 43.7 Å². The topological polar surface area (TPSA) is 81.6 Å². The van der Waals surface area contributed by atoms with Crippen molar-refractivity contribution in [3.8, 4) is 12.1 Å². The van der Waals surface area contributed by atoms with Crippen LogP contribution in [0.2, 0.25) is 0 Å². The van der Waals surface area contributed by atoms with Gasteiger partial charge in [0.05, 0.1) is 5.52 Å². The summed E-state index contributed by atoms with van der Waals surface area (Å²) in [5.41, 5.74) is 2.99. The van der Waals surface area contributed by atoms with Gasteiger partial charge in [0.2, 0.25) is 5.91 Å². The Balaban J connectivity index is 1.98. The number of aromatic nitrogens is 1. The van der Waals surface area contributed by atoms with Crippen molar-refractivity contribution in [2.24, 2.45) is 0 Å². The average Bonchev–Trinajstić information content (AvgIpc) is 3.27. The molecule has 1 aromatic heterocycles. The van der Waals surface area contributed by atoms with Gasteiger partial charge < -0.3 is 9.88 Å². The number of hydrogen-bond acceptors (Lipinski definition) is 3. The molecule has 0 atom stereocenters. The SMILES string of the molecule is CCc1cccc2c(C=C(C#N)C#N)cn(CC(=O)NC3CCCC3)c12. The van der Waals surface area contributed by atoms with Crippen molar-refractivity contribution < 1.29 is 4.79 Å². The molecule has 1 heterocycles. The van der Waals surface area contributed by atoms with Crippen molar-refractivity contribution >= 4 is 22.9 Å². The Labute approximate surface area is 153 Å². The van der Waals surface area contributed by atoms with Crippen LogP contribution >= 0.6 is 0 Å². The van der Waals surface area contributed by atoms with E-state index in [0.29, 0.717) is 0 Å². The van der Waals surface area contributed by atoms with E-state index in [-0.39, 0.29) is 24.1 Å². The highest BCUT2D eigenvalue weighted by Gasteiger charge is 2.18. The summed E-state index contributed by atoms with van der Waals surface area (Å²) in [7, 11) is 0. The van der Waals surface area contributed by atoms with Gasteiger partial charge in [-0.2, -0.15) is 10.5 Å². The van der Waals surface area contributed by atoms with Gasteiger partial charge in [0.15, 0.2) is 0 Å².